The van der Waals surface area contributed by atoms with Crippen molar-refractivity contribution in [3.8, 4) is 0 Å². The topological polar surface area (TPSA) is 41.0 Å². The molecule has 3 heterocycles. The standard InChI is InChI=1S/C15H20N4S/c1-12(14-10-20-11-17-14)18-13-5-8-19(9-6-13)15-4-2-3-7-16-15/h2-4,7,10-13,18H,5-6,8-9H2,1H3. The lowest BCUT2D eigenvalue weighted by molar-refractivity contribution is 0.377. The molecule has 1 saturated heterocycles. The maximum Gasteiger partial charge on any atom is 0.128 e. The second kappa shape index (κ2) is 6.33. The van der Waals surface area contributed by atoms with Crippen LogP contribution in [-0.4, -0.2) is 29.1 Å². The lowest BCUT2D eigenvalue weighted by Gasteiger charge is -2.34. The van der Waals surface area contributed by atoms with Crippen molar-refractivity contribution < 1.29 is 0 Å². The highest BCUT2D eigenvalue weighted by molar-refractivity contribution is 7.07. The van der Waals surface area contributed by atoms with E-state index in [1.807, 2.05) is 17.8 Å². The summed E-state index contributed by atoms with van der Waals surface area (Å²) >= 11 is 1.66. The first-order chi connectivity index (χ1) is 9.83. The van der Waals surface area contributed by atoms with Crippen molar-refractivity contribution in [3.63, 3.8) is 0 Å². The zero-order valence-electron chi connectivity index (χ0n) is 11.7. The second-order valence-corrected chi connectivity index (χ2v) is 5.97. The number of aromatic nitrogens is 2. The van der Waals surface area contributed by atoms with Gasteiger partial charge in [0.15, 0.2) is 0 Å². The van der Waals surface area contributed by atoms with Crippen LogP contribution in [-0.2, 0) is 0 Å². The Balaban J connectivity index is 1.51. The maximum absolute atomic E-state index is 4.43. The predicted molar refractivity (Wildman–Crippen MR) is 83.1 cm³/mol. The zero-order chi connectivity index (χ0) is 13.8. The van der Waals surface area contributed by atoms with Crippen LogP contribution in [0.2, 0.25) is 0 Å². The van der Waals surface area contributed by atoms with E-state index in [0.29, 0.717) is 12.1 Å². The Morgan fingerprint density at radius 1 is 1.30 bits per heavy atom. The minimum Gasteiger partial charge on any atom is -0.357 e. The molecule has 0 aliphatic carbocycles. The minimum atomic E-state index is 0.340. The average molecular weight is 288 g/mol. The van der Waals surface area contributed by atoms with Gasteiger partial charge in [-0.3, -0.25) is 0 Å². The molecule has 2 aromatic rings. The first-order valence-electron chi connectivity index (χ1n) is 7.13. The summed E-state index contributed by atoms with van der Waals surface area (Å²) in [6, 6.07) is 7.02. The Kier molecular flexibility index (Phi) is 4.28. The Labute approximate surface area is 123 Å². The van der Waals surface area contributed by atoms with Crippen LogP contribution in [0.5, 0.6) is 0 Å². The summed E-state index contributed by atoms with van der Waals surface area (Å²) in [4.78, 5) is 11.2. The molecular weight excluding hydrogens is 268 g/mol. The van der Waals surface area contributed by atoms with Crippen molar-refractivity contribution in [2.45, 2.75) is 31.8 Å². The van der Waals surface area contributed by atoms with Crippen LogP contribution < -0.4 is 10.2 Å². The summed E-state index contributed by atoms with van der Waals surface area (Å²) in [7, 11) is 0. The van der Waals surface area contributed by atoms with Gasteiger partial charge in [-0.25, -0.2) is 9.97 Å². The molecule has 5 heteroatoms. The number of nitrogens with zero attached hydrogens (tertiary/aromatic N) is 3. The van der Waals surface area contributed by atoms with Crippen LogP contribution >= 0.6 is 11.3 Å². The van der Waals surface area contributed by atoms with Crippen LogP contribution in [0.3, 0.4) is 0 Å². The van der Waals surface area contributed by atoms with Gasteiger partial charge in [0, 0.05) is 36.8 Å². The smallest absolute Gasteiger partial charge is 0.128 e. The van der Waals surface area contributed by atoms with Gasteiger partial charge in [-0.1, -0.05) is 6.07 Å². The van der Waals surface area contributed by atoms with E-state index in [2.05, 4.69) is 44.6 Å². The average Bonchev–Trinajstić information content (AvgIpc) is 3.03. The van der Waals surface area contributed by atoms with Crippen molar-refractivity contribution in [1.29, 1.82) is 0 Å². The molecule has 1 atom stereocenters. The molecule has 0 radical (unpaired) electrons. The number of hydrogen-bond acceptors (Lipinski definition) is 5. The van der Waals surface area contributed by atoms with E-state index in [0.717, 1.165) is 37.4 Å². The van der Waals surface area contributed by atoms with Crippen LogP contribution in [0.15, 0.2) is 35.3 Å². The Morgan fingerprint density at radius 3 is 2.80 bits per heavy atom. The molecule has 3 rings (SSSR count). The highest BCUT2D eigenvalue weighted by atomic mass is 32.1. The minimum absolute atomic E-state index is 0.340. The van der Waals surface area contributed by atoms with E-state index in [-0.39, 0.29) is 0 Å². The first-order valence-corrected chi connectivity index (χ1v) is 8.07. The second-order valence-electron chi connectivity index (χ2n) is 5.25. The van der Waals surface area contributed by atoms with E-state index in [4.69, 9.17) is 0 Å². The van der Waals surface area contributed by atoms with Gasteiger partial charge in [0.2, 0.25) is 0 Å². The third kappa shape index (κ3) is 3.16. The van der Waals surface area contributed by atoms with E-state index >= 15 is 0 Å². The van der Waals surface area contributed by atoms with E-state index in [9.17, 15) is 0 Å². The third-order valence-corrected chi connectivity index (χ3v) is 4.45. The quantitative estimate of drug-likeness (QED) is 0.939. The molecule has 0 spiro atoms. The zero-order valence-corrected chi connectivity index (χ0v) is 12.5. The molecule has 1 N–H and O–H groups in total. The maximum atomic E-state index is 4.43. The molecule has 0 aromatic carbocycles. The first kappa shape index (κ1) is 13.5. The lowest BCUT2D eigenvalue weighted by Crippen LogP contribution is -2.43. The van der Waals surface area contributed by atoms with Gasteiger partial charge in [-0.15, -0.1) is 11.3 Å². The summed E-state index contributed by atoms with van der Waals surface area (Å²) < 4.78 is 0. The van der Waals surface area contributed by atoms with Crippen LogP contribution in [0, 0.1) is 0 Å². The predicted octanol–water partition coefficient (Wildman–Crippen LogP) is 2.86. The normalized spacial score (nSPS) is 18.1. The fourth-order valence-corrected chi connectivity index (χ4v) is 3.34. The van der Waals surface area contributed by atoms with Crippen LogP contribution in [0.25, 0.3) is 0 Å². The highest BCUT2D eigenvalue weighted by Gasteiger charge is 2.21. The molecular formula is C15H20N4S. The van der Waals surface area contributed by atoms with E-state index < -0.39 is 0 Å². The van der Waals surface area contributed by atoms with E-state index in [1.165, 1.54) is 0 Å². The Hall–Kier alpha value is -1.46. The van der Waals surface area contributed by atoms with Crippen molar-refractivity contribution in [2.75, 3.05) is 18.0 Å². The van der Waals surface area contributed by atoms with Crippen molar-refractivity contribution in [3.05, 3.63) is 41.0 Å². The molecule has 1 unspecified atom stereocenters. The number of piperidine rings is 1. The van der Waals surface area contributed by atoms with Gasteiger partial charge >= 0.3 is 0 Å². The Bertz CT molecular complexity index is 506. The van der Waals surface area contributed by atoms with Crippen LogP contribution in [0.4, 0.5) is 5.82 Å². The SMILES string of the molecule is CC(NC1CCN(c2ccccn2)CC1)c1cscn1. The molecule has 2 aromatic heterocycles. The van der Waals surface area contributed by atoms with Crippen molar-refractivity contribution in [2.24, 2.45) is 0 Å². The summed E-state index contributed by atoms with van der Waals surface area (Å²) in [6.45, 7) is 4.33. The van der Waals surface area contributed by atoms with Gasteiger partial charge in [-0.05, 0) is 31.9 Å². The van der Waals surface area contributed by atoms with Crippen molar-refractivity contribution in [1.82, 2.24) is 15.3 Å². The summed E-state index contributed by atoms with van der Waals surface area (Å²) in [6.07, 6.45) is 4.18. The molecule has 0 bridgehead atoms. The number of hydrogen-bond donors (Lipinski definition) is 1. The molecule has 1 aliphatic heterocycles. The molecule has 0 amide bonds. The molecule has 4 nitrogen and oxygen atoms in total. The van der Waals surface area contributed by atoms with Gasteiger partial charge in [0.05, 0.1) is 11.2 Å². The number of pyridine rings is 1. The number of rotatable bonds is 4. The monoisotopic (exact) mass is 288 g/mol. The molecule has 106 valence electrons. The van der Waals surface area contributed by atoms with Gasteiger partial charge in [-0.2, -0.15) is 0 Å². The molecule has 1 aliphatic rings. The fourth-order valence-electron chi connectivity index (χ4n) is 2.69. The highest BCUT2D eigenvalue weighted by Crippen LogP contribution is 2.20. The summed E-state index contributed by atoms with van der Waals surface area (Å²) in [5.41, 5.74) is 3.05. The lowest BCUT2D eigenvalue weighted by atomic mass is 10.0. The van der Waals surface area contributed by atoms with Gasteiger partial charge in [0.1, 0.15) is 5.82 Å². The van der Waals surface area contributed by atoms with Crippen LogP contribution in [0.1, 0.15) is 31.5 Å². The summed E-state index contributed by atoms with van der Waals surface area (Å²) in [5.74, 6) is 1.10. The largest absolute Gasteiger partial charge is 0.357 e. The van der Waals surface area contributed by atoms with Crippen molar-refractivity contribution >= 4 is 17.2 Å². The molecule has 0 saturated carbocycles. The number of nitrogens with one attached hydrogen (secondary N) is 1. The summed E-state index contributed by atoms with van der Waals surface area (Å²) in [5, 5.41) is 5.82. The fraction of sp³-hybridized carbons (Fsp3) is 0.467. The molecule has 1 fully saturated rings. The molecule has 20 heavy (non-hydrogen) atoms. The van der Waals surface area contributed by atoms with Gasteiger partial charge < -0.3 is 10.2 Å². The number of anilines is 1. The van der Waals surface area contributed by atoms with E-state index in [1.54, 1.807) is 11.3 Å². The Morgan fingerprint density at radius 2 is 2.15 bits per heavy atom. The van der Waals surface area contributed by atoms with Gasteiger partial charge in [0.25, 0.3) is 0 Å². The third-order valence-electron chi connectivity index (χ3n) is 3.85. The number of thiazole rings is 1.